The van der Waals surface area contributed by atoms with Crippen molar-refractivity contribution in [3.05, 3.63) is 10.6 Å². The number of likely N-dealkylation sites (tertiary alicyclic amines) is 1. The van der Waals surface area contributed by atoms with Crippen LogP contribution in [0.3, 0.4) is 0 Å². The molecule has 2 atom stereocenters. The average Bonchev–Trinajstić information content (AvgIpc) is 3.09. The van der Waals surface area contributed by atoms with Crippen LogP contribution < -0.4 is 5.32 Å². The molecule has 7 heteroatoms. The number of aromatic nitrogens is 1. The van der Waals surface area contributed by atoms with E-state index in [2.05, 4.69) is 10.3 Å². The highest BCUT2D eigenvalue weighted by molar-refractivity contribution is 7.15. The van der Waals surface area contributed by atoms with Crippen LogP contribution in [0, 0.1) is 0 Å². The number of amides is 1. The summed E-state index contributed by atoms with van der Waals surface area (Å²) in [6, 6.07) is -0.192. The summed E-state index contributed by atoms with van der Waals surface area (Å²) in [5, 5.41) is 3.94. The van der Waals surface area contributed by atoms with E-state index in [4.69, 9.17) is 4.74 Å². The lowest BCUT2D eigenvalue weighted by molar-refractivity contribution is -0.145. The molecule has 0 spiro atoms. The van der Waals surface area contributed by atoms with E-state index in [1.165, 1.54) is 0 Å². The van der Waals surface area contributed by atoms with Gasteiger partial charge < -0.3 is 15.0 Å². The van der Waals surface area contributed by atoms with E-state index in [9.17, 15) is 9.59 Å². The lowest BCUT2D eigenvalue weighted by Gasteiger charge is -2.11. The predicted molar refractivity (Wildman–Crippen MR) is 79.5 cm³/mol. The number of anilines is 1. The van der Waals surface area contributed by atoms with E-state index in [0.29, 0.717) is 6.61 Å². The van der Waals surface area contributed by atoms with Crippen LogP contribution in [0.25, 0.3) is 0 Å². The highest BCUT2D eigenvalue weighted by Gasteiger charge is 2.35. The van der Waals surface area contributed by atoms with E-state index in [-0.39, 0.29) is 23.8 Å². The Balaban J connectivity index is 1.72. The zero-order chi connectivity index (χ0) is 15.0. The highest BCUT2D eigenvalue weighted by Crippen LogP contribution is 2.39. The van der Waals surface area contributed by atoms with Crippen LogP contribution in [0.4, 0.5) is 5.13 Å². The Morgan fingerprint density at radius 3 is 3.00 bits per heavy atom. The number of ether oxygens (including phenoxy) is 1. The highest BCUT2D eigenvalue weighted by atomic mass is 32.1. The second kappa shape index (κ2) is 5.63. The second-order valence-electron chi connectivity index (χ2n) is 5.42. The Morgan fingerprint density at radius 2 is 2.33 bits per heavy atom. The number of esters is 1. The molecule has 1 aromatic heterocycles. The number of carbonyl (C=O) groups excluding carboxylic acids is 2. The van der Waals surface area contributed by atoms with Crippen LogP contribution in [0.1, 0.15) is 36.3 Å². The molecule has 0 saturated carbocycles. The first kappa shape index (κ1) is 14.3. The monoisotopic (exact) mass is 309 g/mol. The fourth-order valence-corrected chi connectivity index (χ4v) is 3.96. The third-order valence-corrected chi connectivity index (χ3v) is 5.08. The molecular formula is C14H19N3O3S. The van der Waals surface area contributed by atoms with Crippen molar-refractivity contribution in [1.82, 2.24) is 9.88 Å². The molecule has 2 aliphatic rings. The first-order chi connectivity index (χ1) is 10.1. The number of nitrogens with one attached hydrogen (secondary N) is 1. The number of nitrogens with zero attached hydrogens (tertiary/aromatic N) is 2. The number of thiazole rings is 1. The van der Waals surface area contributed by atoms with Gasteiger partial charge in [0.25, 0.3) is 0 Å². The van der Waals surface area contributed by atoms with Crippen LogP contribution in [-0.4, -0.2) is 48.0 Å². The fourth-order valence-electron chi connectivity index (χ4n) is 2.87. The van der Waals surface area contributed by atoms with Crippen LogP contribution in [-0.2, 0) is 20.7 Å². The molecule has 2 unspecified atom stereocenters. The Morgan fingerprint density at radius 1 is 1.52 bits per heavy atom. The fraction of sp³-hybridized carbons (Fsp3) is 0.643. The first-order valence-electron chi connectivity index (χ1n) is 7.28. The lowest BCUT2D eigenvalue weighted by Crippen LogP contribution is -2.30. The number of fused-ring (bicyclic) bond motifs is 1. The molecule has 3 rings (SSSR count). The topological polar surface area (TPSA) is 71.5 Å². The SMILES string of the molecule is CCOC(=O)C1CCc2sc(NC3CCN(C)C3=O)nc21. The van der Waals surface area contributed by atoms with Gasteiger partial charge in [0.15, 0.2) is 5.13 Å². The Kier molecular flexibility index (Phi) is 3.84. The van der Waals surface area contributed by atoms with Crippen molar-refractivity contribution < 1.29 is 14.3 Å². The molecule has 1 fully saturated rings. The summed E-state index contributed by atoms with van der Waals surface area (Å²) in [6.45, 7) is 2.97. The minimum Gasteiger partial charge on any atom is -0.465 e. The maximum atomic E-state index is 11.9. The quantitative estimate of drug-likeness (QED) is 0.851. The van der Waals surface area contributed by atoms with Gasteiger partial charge in [0, 0.05) is 18.5 Å². The van der Waals surface area contributed by atoms with Gasteiger partial charge in [0.2, 0.25) is 5.91 Å². The van der Waals surface area contributed by atoms with Gasteiger partial charge in [-0.3, -0.25) is 9.59 Å². The molecule has 114 valence electrons. The summed E-state index contributed by atoms with van der Waals surface area (Å²) in [4.78, 5) is 31.2. The number of hydrogen-bond acceptors (Lipinski definition) is 6. The number of likely N-dealkylation sites (N-methyl/N-ethyl adjacent to an activating group) is 1. The van der Waals surface area contributed by atoms with Crippen LogP contribution in [0.2, 0.25) is 0 Å². The maximum absolute atomic E-state index is 11.9. The zero-order valence-corrected chi connectivity index (χ0v) is 13.0. The molecule has 21 heavy (non-hydrogen) atoms. The van der Waals surface area contributed by atoms with Gasteiger partial charge in [-0.05, 0) is 26.2 Å². The summed E-state index contributed by atoms with van der Waals surface area (Å²) in [6.07, 6.45) is 2.43. The van der Waals surface area contributed by atoms with Gasteiger partial charge in [0.1, 0.15) is 12.0 Å². The lowest BCUT2D eigenvalue weighted by atomic mass is 10.1. The smallest absolute Gasteiger partial charge is 0.315 e. The van der Waals surface area contributed by atoms with Crippen molar-refractivity contribution >= 4 is 28.3 Å². The van der Waals surface area contributed by atoms with Gasteiger partial charge in [0.05, 0.1) is 12.3 Å². The largest absolute Gasteiger partial charge is 0.465 e. The number of aryl methyl sites for hydroxylation is 1. The van der Waals surface area contributed by atoms with Crippen molar-refractivity contribution in [2.45, 2.75) is 38.1 Å². The standard InChI is InChI=1S/C14H19N3O3S/c1-3-20-13(19)8-4-5-10-11(8)16-14(21-10)15-9-6-7-17(2)12(9)18/h8-9H,3-7H2,1-2H3,(H,15,16). The number of hydrogen-bond donors (Lipinski definition) is 1. The third kappa shape index (κ3) is 2.62. The first-order valence-corrected chi connectivity index (χ1v) is 8.09. The van der Waals surface area contributed by atoms with Crippen molar-refractivity contribution in [2.24, 2.45) is 0 Å². The normalized spacial score (nSPS) is 24.3. The molecular weight excluding hydrogens is 290 g/mol. The van der Waals surface area contributed by atoms with Gasteiger partial charge in [-0.25, -0.2) is 4.98 Å². The van der Waals surface area contributed by atoms with Gasteiger partial charge in [-0.15, -0.1) is 11.3 Å². The minimum atomic E-state index is -0.242. The summed E-state index contributed by atoms with van der Waals surface area (Å²) < 4.78 is 5.10. The van der Waals surface area contributed by atoms with Crippen LogP contribution in [0.15, 0.2) is 0 Å². The molecule has 1 amide bonds. The zero-order valence-electron chi connectivity index (χ0n) is 12.2. The Bertz CT molecular complexity index is 572. The minimum absolute atomic E-state index is 0.104. The van der Waals surface area contributed by atoms with Crippen molar-refractivity contribution in [3.63, 3.8) is 0 Å². The third-order valence-electron chi connectivity index (χ3n) is 4.01. The number of rotatable bonds is 4. The molecule has 0 aromatic carbocycles. The molecule has 1 saturated heterocycles. The van der Waals surface area contributed by atoms with E-state index in [1.807, 2.05) is 14.0 Å². The van der Waals surface area contributed by atoms with Crippen LogP contribution >= 0.6 is 11.3 Å². The van der Waals surface area contributed by atoms with Crippen molar-refractivity contribution in [3.8, 4) is 0 Å². The number of carbonyl (C=O) groups is 2. The summed E-state index contributed by atoms with van der Waals surface area (Å²) >= 11 is 1.55. The van der Waals surface area contributed by atoms with Gasteiger partial charge >= 0.3 is 5.97 Å². The van der Waals surface area contributed by atoms with Crippen molar-refractivity contribution in [1.29, 1.82) is 0 Å². The van der Waals surface area contributed by atoms with Crippen LogP contribution in [0.5, 0.6) is 0 Å². The molecule has 0 radical (unpaired) electrons. The molecule has 1 aliphatic heterocycles. The molecule has 1 aromatic rings. The average molecular weight is 309 g/mol. The molecule has 1 N–H and O–H groups in total. The maximum Gasteiger partial charge on any atom is 0.315 e. The summed E-state index contributed by atoms with van der Waals surface area (Å²) in [5.41, 5.74) is 0.833. The second-order valence-corrected chi connectivity index (χ2v) is 6.50. The summed E-state index contributed by atoms with van der Waals surface area (Å²) in [5.74, 6) is -0.328. The molecule has 1 aliphatic carbocycles. The predicted octanol–water partition coefficient (Wildman–Crippen LogP) is 1.38. The van der Waals surface area contributed by atoms with E-state index >= 15 is 0 Å². The Hall–Kier alpha value is -1.63. The van der Waals surface area contributed by atoms with E-state index in [0.717, 1.165) is 41.5 Å². The molecule has 2 heterocycles. The van der Waals surface area contributed by atoms with Gasteiger partial charge in [-0.2, -0.15) is 0 Å². The molecule has 6 nitrogen and oxygen atoms in total. The summed E-state index contributed by atoms with van der Waals surface area (Å²) in [7, 11) is 1.81. The van der Waals surface area contributed by atoms with E-state index < -0.39 is 0 Å². The Labute approximate surface area is 127 Å². The van der Waals surface area contributed by atoms with Crippen molar-refractivity contribution in [2.75, 3.05) is 25.5 Å². The molecule has 0 bridgehead atoms. The van der Waals surface area contributed by atoms with E-state index in [1.54, 1.807) is 16.2 Å². The van der Waals surface area contributed by atoms with Gasteiger partial charge in [-0.1, -0.05) is 0 Å².